The Morgan fingerprint density at radius 1 is 1.21 bits per heavy atom. The molecule has 0 bridgehead atoms. The lowest BCUT2D eigenvalue weighted by Gasteiger charge is -2.15. The summed E-state index contributed by atoms with van der Waals surface area (Å²) in [5.74, 6) is 0.429. The van der Waals surface area contributed by atoms with Crippen molar-refractivity contribution < 1.29 is 17.9 Å². The molecular weight excluding hydrogens is 486 g/mol. The molecule has 0 saturated heterocycles. The standard InChI is InChI=1S/C18H24F3N5O.HI/c1-2-22-17(23-9-5-12-26-13-6-10-25-26)24-11-14-27-16-8-4-3-7-15(16)18(19,20)21;/h3-4,6-8,10,13H,2,5,9,11-12,14H2,1H3,(H2,22,23,24);1H. The minimum atomic E-state index is -4.44. The summed E-state index contributed by atoms with van der Waals surface area (Å²) in [6.07, 6.45) is 0.0117. The van der Waals surface area contributed by atoms with Crippen LogP contribution in [0.15, 0.2) is 47.7 Å². The Labute approximate surface area is 179 Å². The van der Waals surface area contributed by atoms with Gasteiger partial charge in [0.05, 0.1) is 12.1 Å². The first-order valence-electron chi connectivity index (χ1n) is 8.79. The molecule has 0 saturated carbocycles. The van der Waals surface area contributed by atoms with E-state index in [0.29, 0.717) is 25.6 Å². The molecule has 28 heavy (non-hydrogen) atoms. The number of aromatic nitrogens is 2. The largest absolute Gasteiger partial charge is 0.491 e. The molecule has 10 heteroatoms. The fourth-order valence-corrected chi connectivity index (χ4v) is 2.36. The number of hydrogen-bond acceptors (Lipinski definition) is 3. The van der Waals surface area contributed by atoms with Gasteiger partial charge in [-0.1, -0.05) is 12.1 Å². The van der Waals surface area contributed by atoms with Crippen molar-refractivity contribution in [2.24, 2.45) is 4.99 Å². The molecule has 0 unspecified atom stereocenters. The minimum Gasteiger partial charge on any atom is -0.491 e. The lowest BCUT2D eigenvalue weighted by molar-refractivity contribution is -0.138. The zero-order chi connectivity index (χ0) is 19.5. The van der Waals surface area contributed by atoms with Gasteiger partial charge in [0, 0.05) is 32.0 Å². The molecule has 2 rings (SSSR count). The number of hydrogen-bond donors (Lipinski definition) is 2. The van der Waals surface area contributed by atoms with Crippen molar-refractivity contribution >= 4 is 29.9 Å². The van der Waals surface area contributed by atoms with E-state index >= 15 is 0 Å². The van der Waals surface area contributed by atoms with Crippen molar-refractivity contribution in [3.8, 4) is 5.75 Å². The van der Waals surface area contributed by atoms with Gasteiger partial charge in [-0.15, -0.1) is 24.0 Å². The van der Waals surface area contributed by atoms with Gasteiger partial charge < -0.3 is 15.4 Å². The fraction of sp³-hybridized carbons (Fsp3) is 0.444. The monoisotopic (exact) mass is 511 g/mol. The zero-order valence-corrected chi connectivity index (χ0v) is 17.9. The third-order valence-corrected chi connectivity index (χ3v) is 3.56. The van der Waals surface area contributed by atoms with Gasteiger partial charge in [-0.3, -0.25) is 9.67 Å². The first-order chi connectivity index (χ1) is 13.0. The Morgan fingerprint density at radius 2 is 2.00 bits per heavy atom. The van der Waals surface area contributed by atoms with E-state index in [9.17, 15) is 13.2 Å². The average Bonchev–Trinajstić information content (AvgIpc) is 3.15. The summed E-state index contributed by atoms with van der Waals surface area (Å²) >= 11 is 0. The van der Waals surface area contributed by atoms with Crippen LogP contribution >= 0.6 is 24.0 Å². The van der Waals surface area contributed by atoms with Crippen LogP contribution in [0.1, 0.15) is 18.9 Å². The minimum absolute atomic E-state index is 0. The molecule has 2 aromatic rings. The van der Waals surface area contributed by atoms with E-state index in [1.807, 2.05) is 23.9 Å². The molecule has 0 aliphatic carbocycles. The van der Waals surface area contributed by atoms with Crippen molar-refractivity contribution in [1.82, 2.24) is 20.4 Å². The average molecular weight is 511 g/mol. The Bertz CT molecular complexity index is 707. The third-order valence-electron chi connectivity index (χ3n) is 3.56. The SMILES string of the molecule is CCNC(=NCCCn1cccn1)NCCOc1ccccc1C(F)(F)F.I. The number of guanidine groups is 1. The highest BCUT2D eigenvalue weighted by atomic mass is 127. The first-order valence-corrected chi connectivity index (χ1v) is 8.79. The molecule has 1 aromatic heterocycles. The van der Waals surface area contributed by atoms with Crippen molar-refractivity contribution in [3.63, 3.8) is 0 Å². The van der Waals surface area contributed by atoms with Crippen molar-refractivity contribution in [1.29, 1.82) is 0 Å². The second-order valence-corrected chi connectivity index (χ2v) is 5.65. The molecular formula is C18H25F3IN5O. The van der Waals surface area contributed by atoms with Gasteiger partial charge in [-0.05, 0) is 31.5 Å². The number of aryl methyl sites for hydroxylation is 1. The number of benzene rings is 1. The number of rotatable bonds is 9. The first kappa shape index (κ1) is 24.1. The predicted octanol–water partition coefficient (Wildman–Crippen LogP) is 3.54. The summed E-state index contributed by atoms with van der Waals surface area (Å²) in [4.78, 5) is 4.43. The lowest BCUT2D eigenvalue weighted by Crippen LogP contribution is -2.39. The molecule has 0 amide bonds. The summed E-state index contributed by atoms with van der Waals surface area (Å²) in [5, 5.41) is 10.3. The summed E-state index contributed by atoms with van der Waals surface area (Å²) in [7, 11) is 0. The van der Waals surface area contributed by atoms with Gasteiger partial charge in [0.1, 0.15) is 12.4 Å². The number of nitrogens with one attached hydrogen (secondary N) is 2. The van der Waals surface area contributed by atoms with Crippen LogP contribution in [0.5, 0.6) is 5.75 Å². The molecule has 0 radical (unpaired) electrons. The van der Waals surface area contributed by atoms with Gasteiger partial charge >= 0.3 is 6.18 Å². The van der Waals surface area contributed by atoms with E-state index in [4.69, 9.17) is 4.74 Å². The molecule has 0 fully saturated rings. The highest BCUT2D eigenvalue weighted by Gasteiger charge is 2.33. The molecule has 1 heterocycles. The number of aliphatic imine (C=N–C) groups is 1. The van der Waals surface area contributed by atoms with Crippen LogP contribution in [0.4, 0.5) is 13.2 Å². The summed E-state index contributed by atoms with van der Waals surface area (Å²) < 4.78 is 45.9. The van der Waals surface area contributed by atoms with Gasteiger partial charge in [0.15, 0.2) is 5.96 Å². The summed E-state index contributed by atoms with van der Waals surface area (Å²) in [5.41, 5.74) is -0.774. The molecule has 0 aliphatic rings. The number of nitrogens with zero attached hydrogens (tertiary/aromatic N) is 3. The lowest BCUT2D eigenvalue weighted by atomic mass is 10.2. The molecule has 0 spiro atoms. The van der Waals surface area contributed by atoms with E-state index in [-0.39, 0.29) is 36.3 Å². The van der Waals surface area contributed by atoms with E-state index in [2.05, 4.69) is 20.7 Å². The summed E-state index contributed by atoms with van der Waals surface area (Å²) in [6, 6.07) is 7.05. The highest BCUT2D eigenvalue weighted by molar-refractivity contribution is 14.0. The van der Waals surface area contributed by atoms with Gasteiger partial charge in [-0.2, -0.15) is 18.3 Å². The topological polar surface area (TPSA) is 63.5 Å². The highest BCUT2D eigenvalue weighted by Crippen LogP contribution is 2.35. The van der Waals surface area contributed by atoms with Gasteiger partial charge in [0.2, 0.25) is 0 Å². The van der Waals surface area contributed by atoms with Crippen LogP contribution in [-0.2, 0) is 12.7 Å². The van der Waals surface area contributed by atoms with Crippen LogP contribution in [0, 0.1) is 0 Å². The van der Waals surface area contributed by atoms with E-state index in [1.165, 1.54) is 18.2 Å². The maximum Gasteiger partial charge on any atom is 0.419 e. The van der Waals surface area contributed by atoms with Crippen molar-refractivity contribution in [3.05, 3.63) is 48.3 Å². The van der Waals surface area contributed by atoms with Crippen LogP contribution in [0.3, 0.4) is 0 Å². The van der Waals surface area contributed by atoms with E-state index < -0.39 is 11.7 Å². The summed E-state index contributed by atoms with van der Waals surface area (Å²) in [6.45, 7) is 4.42. The van der Waals surface area contributed by atoms with Crippen LogP contribution in [0.2, 0.25) is 0 Å². The molecule has 0 aliphatic heterocycles. The number of alkyl halides is 3. The van der Waals surface area contributed by atoms with Crippen LogP contribution < -0.4 is 15.4 Å². The van der Waals surface area contributed by atoms with Crippen LogP contribution in [0.25, 0.3) is 0 Å². The number of para-hydroxylation sites is 1. The quantitative estimate of drug-likeness (QED) is 0.234. The zero-order valence-electron chi connectivity index (χ0n) is 15.6. The maximum absolute atomic E-state index is 12.9. The number of ether oxygens (including phenoxy) is 1. The molecule has 6 nitrogen and oxygen atoms in total. The molecule has 156 valence electrons. The second kappa shape index (κ2) is 12.5. The predicted molar refractivity (Wildman–Crippen MR) is 113 cm³/mol. The Kier molecular flexibility index (Phi) is 10.7. The smallest absolute Gasteiger partial charge is 0.419 e. The molecule has 2 N–H and O–H groups in total. The van der Waals surface area contributed by atoms with Gasteiger partial charge in [-0.25, -0.2) is 0 Å². The van der Waals surface area contributed by atoms with Crippen LogP contribution in [-0.4, -0.2) is 42.0 Å². The third kappa shape index (κ3) is 8.36. The van der Waals surface area contributed by atoms with E-state index in [0.717, 1.165) is 19.0 Å². The van der Waals surface area contributed by atoms with Crippen molar-refractivity contribution in [2.75, 3.05) is 26.2 Å². The Hall–Kier alpha value is -1.98. The maximum atomic E-state index is 12.9. The van der Waals surface area contributed by atoms with Crippen molar-refractivity contribution in [2.45, 2.75) is 26.1 Å². The van der Waals surface area contributed by atoms with E-state index in [1.54, 1.807) is 6.20 Å². The molecule has 1 aromatic carbocycles. The number of halogens is 4. The normalized spacial score (nSPS) is 11.6. The second-order valence-electron chi connectivity index (χ2n) is 5.65. The Balaban J connectivity index is 0.00000392. The fourth-order valence-electron chi connectivity index (χ4n) is 2.36. The Morgan fingerprint density at radius 3 is 2.68 bits per heavy atom. The molecule has 0 atom stereocenters. The van der Waals surface area contributed by atoms with Gasteiger partial charge in [0.25, 0.3) is 0 Å².